The maximum Gasteiger partial charge on any atom is 0.573 e. The molecule has 1 aromatic rings. The molecule has 0 aliphatic carbocycles. The first kappa shape index (κ1) is 22.1. The Labute approximate surface area is 168 Å². The number of halogens is 3. The predicted octanol–water partition coefficient (Wildman–Crippen LogP) is 4.98. The van der Waals surface area contributed by atoms with Crippen molar-refractivity contribution < 1.29 is 36.9 Å². The van der Waals surface area contributed by atoms with Gasteiger partial charge in [0.25, 0.3) is 0 Å². The first-order valence-corrected chi connectivity index (χ1v) is 9.86. The highest BCUT2D eigenvalue weighted by Crippen LogP contribution is 2.30. The van der Waals surface area contributed by atoms with Crippen molar-refractivity contribution in [2.45, 2.75) is 44.6 Å². The Balaban J connectivity index is 1.35. The number of hydrogen-bond donors (Lipinski definition) is 0. The first-order chi connectivity index (χ1) is 13.9. The lowest BCUT2D eigenvalue weighted by Crippen LogP contribution is -2.33. The van der Waals surface area contributed by atoms with Crippen molar-refractivity contribution in [1.29, 1.82) is 0 Å². The van der Waals surface area contributed by atoms with Gasteiger partial charge >= 0.3 is 6.36 Å². The summed E-state index contributed by atoms with van der Waals surface area (Å²) in [5.74, 6) is 0.387. The van der Waals surface area contributed by atoms with E-state index in [1.807, 2.05) is 6.08 Å². The zero-order valence-corrected chi connectivity index (χ0v) is 16.2. The molecule has 0 saturated carbocycles. The van der Waals surface area contributed by atoms with Gasteiger partial charge in [0, 0.05) is 17.4 Å². The van der Waals surface area contributed by atoms with E-state index in [0.717, 1.165) is 25.7 Å². The van der Waals surface area contributed by atoms with E-state index >= 15 is 0 Å². The van der Waals surface area contributed by atoms with Gasteiger partial charge in [0.2, 0.25) is 0 Å². The molecule has 0 atom stereocenters. The van der Waals surface area contributed by atoms with E-state index in [9.17, 15) is 13.2 Å². The van der Waals surface area contributed by atoms with Crippen LogP contribution in [0.3, 0.4) is 0 Å². The molecule has 29 heavy (non-hydrogen) atoms. The molecule has 2 aliphatic heterocycles. The summed E-state index contributed by atoms with van der Waals surface area (Å²) < 4.78 is 63.6. The van der Waals surface area contributed by atoms with E-state index < -0.39 is 12.7 Å². The Hall–Kier alpha value is -1.61. The second kappa shape index (κ2) is 10.4. The number of rotatable bonds is 8. The van der Waals surface area contributed by atoms with Crippen LogP contribution in [0.4, 0.5) is 13.2 Å². The smallest absolute Gasteiger partial charge is 0.406 e. The number of alkyl halides is 3. The molecule has 0 unspecified atom stereocenters. The second-order valence-electron chi connectivity index (χ2n) is 7.39. The maximum absolute atomic E-state index is 12.2. The van der Waals surface area contributed by atoms with Crippen LogP contribution in [0.1, 0.15) is 37.5 Å². The third-order valence-electron chi connectivity index (χ3n) is 4.98. The van der Waals surface area contributed by atoms with Gasteiger partial charge in [-0.05, 0) is 37.8 Å². The minimum Gasteiger partial charge on any atom is -0.406 e. The summed E-state index contributed by atoms with van der Waals surface area (Å²) in [5, 5.41) is 0. The highest BCUT2D eigenvalue weighted by Gasteiger charge is 2.31. The lowest BCUT2D eigenvalue weighted by Gasteiger charge is -2.32. The monoisotopic (exact) mass is 416 g/mol. The van der Waals surface area contributed by atoms with E-state index in [2.05, 4.69) is 11.3 Å². The zero-order valence-electron chi connectivity index (χ0n) is 16.2. The van der Waals surface area contributed by atoms with Crippen molar-refractivity contribution in [3.63, 3.8) is 0 Å². The van der Waals surface area contributed by atoms with Gasteiger partial charge in [0.05, 0.1) is 26.4 Å². The quantitative estimate of drug-likeness (QED) is 0.559. The first-order valence-electron chi connectivity index (χ1n) is 9.86. The SMILES string of the molecule is C=CCCC1COC(CCC2COC(c3ccc(OC(F)(F)F)cc3)OC2)OC1. The summed E-state index contributed by atoms with van der Waals surface area (Å²) in [6.07, 6.45) is 0.0708. The fourth-order valence-electron chi connectivity index (χ4n) is 3.37. The Morgan fingerprint density at radius 3 is 2.07 bits per heavy atom. The number of ether oxygens (including phenoxy) is 5. The van der Waals surface area contributed by atoms with Crippen LogP contribution in [0.15, 0.2) is 36.9 Å². The normalized spacial score (nSPS) is 28.1. The fourth-order valence-corrected chi connectivity index (χ4v) is 3.37. The summed E-state index contributed by atoms with van der Waals surface area (Å²) in [6, 6.07) is 5.53. The van der Waals surface area contributed by atoms with Crippen molar-refractivity contribution in [3.8, 4) is 5.75 Å². The lowest BCUT2D eigenvalue weighted by molar-refractivity contribution is -0.274. The molecule has 2 saturated heterocycles. The van der Waals surface area contributed by atoms with Crippen LogP contribution in [0.5, 0.6) is 5.75 Å². The summed E-state index contributed by atoms with van der Waals surface area (Å²) in [6.45, 7) is 6.19. The molecule has 8 heteroatoms. The average molecular weight is 416 g/mol. The third-order valence-corrected chi connectivity index (χ3v) is 4.98. The summed E-state index contributed by atoms with van der Waals surface area (Å²) in [7, 11) is 0. The van der Waals surface area contributed by atoms with Crippen LogP contribution in [0, 0.1) is 11.8 Å². The number of benzene rings is 1. The zero-order chi connectivity index (χ0) is 20.7. The van der Waals surface area contributed by atoms with Gasteiger partial charge in [-0.3, -0.25) is 0 Å². The number of allylic oxidation sites excluding steroid dienone is 1. The van der Waals surface area contributed by atoms with Crippen LogP contribution >= 0.6 is 0 Å². The Bertz CT molecular complexity index is 618. The molecule has 2 aliphatic rings. The van der Waals surface area contributed by atoms with Gasteiger partial charge < -0.3 is 23.7 Å². The van der Waals surface area contributed by atoms with Crippen LogP contribution in [-0.2, 0) is 18.9 Å². The fraction of sp³-hybridized carbons (Fsp3) is 0.619. The highest BCUT2D eigenvalue weighted by atomic mass is 19.4. The molecular formula is C21H27F3O5. The van der Waals surface area contributed by atoms with Crippen molar-refractivity contribution in [2.24, 2.45) is 11.8 Å². The van der Waals surface area contributed by atoms with E-state index in [-0.39, 0.29) is 18.0 Å². The molecule has 5 nitrogen and oxygen atoms in total. The van der Waals surface area contributed by atoms with Crippen molar-refractivity contribution in [3.05, 3.63) is 42.5 Å². The molecule has 2 heterocycles. The van der Waals surface area contributed by atoms with Crippen molar-refractivity contribution in [1.82, 2.24) is 0 Å². The molecule has 0 amide bonds. The molecule has 2 fully saturated rings. The molecule has 0 bridgehead atoms. The summed E-state index contributed by atoms with van der Waals surface area (Å²) in [5.41, 5.74) is 0.655. The molecule has 0 radical (unpaired) electrons. The standard InChI is InChI=1S/C21H27F3O5/c1-2-3-4-15-11-25-19(26-12-15)10-5-16-13-27-20(28-14-16)17-6-8-18(9-7-17)29-21(22,23)24/h2,6-9,15-16,19-20H,1,3-5,10-14H2. The number of hydrogen-bond acceptors (Lipinski definition) is 5. The highest BCUT2D eigenvalue weighted by molar-refractivity contribution is 5.28. The van der Waals surface area contributed by atoms with Crippen LogP contribution in [-0.4, -0.2) is 39.1 Å². The Morgan fingerprint density at radius 2 is 1.48 bits per heavy atom. The molecule has 0 aromatic heterocycles. The molecule has 0 N–H and O–H groups in total. The second-order valence-corrected chi connectivity index (χ2v) is 7.39. The van der Waals surface area contributed by atoms with Crippen LogP contribution in [0.2, 0.25) is 0 Å². The molecule has 3 rings (SSSR count). The maximum atomic E-state index is 12.2. The third kappa shape index (κ3) is 7.29. The van der Waals surface area contributed by atoms with E-state index in [1.165, 1.54) is 24.3 Å². The van der Waals surface area contributed by atoms with Crippen LogP contribution in [0.25, 0.3) is 0 Å². The summed E-state index contributed by atoms with van der Waals surface area (Å²) >= 11 is 0. The van der Waals surface area contributed by atoms with Gasteiger partial charge in [-0.15, -0.1) is 19.8 Å². The van der Waals surface area contributed by atoms with Crippen LogP contribution < -0.4 is 4.74 Å². The van der Waals surface area contributed by atoms with E-state index in [0.29, 0.717) is 37.9 Å². The Kier molecular flexibility index (Phi) is 7.94. The van der Waals surface area contributed by atoms with Crippen molar-refractivity contribution in [2.75, 3.05) is 26.4 Å². The van der Waals surface area contributed by atoms with Gasteiger partial charge in [-0.2, -0.15) is 0 Å². The minimum atomic E-state index is -4.70. The largest absolute Gasteiger partial charge is 0.573 e. The average Bonchev–Trinajstić information content (AvgIpc) is 2.71. The molecule has 162 valence electrons. The summed E-state index contributed by atoms with van der Waals surface area (Å²) in [4.78, 5) is 0. The van der Waals surface area contributed by atoms with Gasteiger partial charge in [0.15, 0.2) is 12.6 Å². The van der Waals surface area contributed by atoms with E-state index in [1.54, 1.807) is 0 Å². The van der Waals surface area contributed by atoms with Gasteiger partial charge in [-0.1, -0.05) is 18.2 Å². The van der Waals surface area contributed by atoms with Crippen molar-refractivity contribution >= 4 is 0 Å². The van der Waals surface area contributed by atoms with Gasteiger partial charge in [0.1, 0.15) is 5.75 Å². The van der Waals surface area contributed by atoms with Gasteiger partial charge in [-0.25, -0.2) is 0 Å². The molecule has 1 aromatic carbocycles. The van der Waals surface area contributed by atoms with E-state index in [4.69, 9.17) is 18.9 Å². The topological polar surface area (TPSA) is 46.2 Å². The molecular weight excluding hydrogens is 389 g/mol. The molecule has 0 spiro atoms. The minimum absolute atomic E-state index is 0.186. The Morgan fingerprint density at radius 1 is 0.897 bits per heavy atom. The lowest BCUT2D eigenvalue weighted by atomic mass is 10.0. The predicted molar refractivity (Wildman–Crippen MR) is 99.1 cm³/mol.